The molecule has 2 amide bonds. The maximum atomic E-state index is 12.4. The fourth-order valence-corrected chi connectivity index (χ4v) is 3.48. The molecule has 2 aromatic carbocycles. The monoisotopic (exact) mass is 326 g/mol. The summed E-state index contributed by atoms with van der Waals surface area (Å²) in [7, 11) is 0. The van der Waals surface area contributed by atoms with Gasteiger partial charge in [-0.05, 0) is 48.9 Å². The number of hydrogen-bond acceptors (Lipinski definition) is 2. The van der Waals surface area contributed by atoms with Crippen LogP contribution in [0.25, 0.3) is 10.8 Å². The first-order valence-corrected chi connectivity index (χ1v) is 8.77. The van der Waals surface area contributed by atoms with Gasteiger partial charge in [-0.2, -0.15) is 0 Å². The van der Waals surface area contributed by atoms with E-state index in [1.165, 1.54) is 10.8 Å². The van der Waals surface area contributed by atoms with E-state index in [4.69, 9.17) is 4.74 Å². The Morgan fingerprint density at radius 1 is 1.04 bits per heavy atom. The van der Waals surface area contributed by atoms with Crippen LogP contribution in [0.3, 0.4) is 0 Å². The molecule has 1 fully saturated rings. The molecule has 1 heterocycles. The van der Waals surface area contributed by atoms with Crippen LogP contribution in [0.2, 0.25) is 0 Å². The van der Waals surface area contributed by atoms with Crippen molar-refractivity contribution in [2.24, 2.45) is 5.92 Å². The largest absolute Gasteiger partial charge is 0.381 e. The maximum Gasteiger partial charge on any atom is 0.315 e. The Bertz CT molecular complexity index is 690. The third-order valence-electron chi connectivity index (χ3n) is 4.97. The van der Waals surface area contributed by atoms with Gasteiger partial charge in [-0.1, -0.05) is 42.5 Å². The first-order chi connectivity index (χ1) is 11.6. The fraction of sp³-hybridized carbons (Fsp3) is 0.450. The number of ether oxygens (including phenoxy) is 1. The first-order valence-electron chi connectivity index (χ1n) is 8.77. The highest BCUT2D eigenvalue weighted by Crippen LogP contribution is 2.24. The van der Waals surface area contributed by atoms with Gasteiger partial charge in [-0.3, -0.25) is 0 Å². The smallest absolute Gasteiger partial charge is 0.315 e. The molecular formula is C20H26N2O2. The highest BCUT2D eigenvalue weighted by atomic mass is 16.5. The highest BCUT2D eigenvalue weighted by Gasteiger charge is 2.22. The minimum Gasteiger partial charge on any atom is -0.381 e. The van der Waals surface area contributed by atoms with E-state index in [0.717, 1.165) is 31.6 Å². The molecule has 1 aliphatic heterocycles. The van der Waals surface area contributed by atoms with Crippen LogP contribution in [-0.2, 0) is 4.74 Å². The molecule has 128 valence electrons. The van der Waals surface area contributed by atoms with Crippen molar-refractivity contribution in [3.05, 3.63) is 48.0 Å². The molecule has 2 N–H and O–H groups in total. The average Bonchev–Trinajstić information content (AvgIpc) is 2.61. The van der Waals surface area contributed by atoms with Gasteiger partial charge >= 0.3 is 6.03 Å². The number of amides is 2. The van der Waals surface area contributed by atoms with E-state index < -0.39 is 0 Å². The van der Waals surface area contributed by atoms with Crippen LogP contribution in [0.5, 0.6) is 0 Å². The summed E-state index contributed by atoms with van der Waals surface area (Å²) in [5.41, 5.74) is 1.14. The second-order valence-corrected chi connectivity index (χ2v) is 6.65. The van der Waals surface area contributed by atoms with Gasteiger partial charge < -0.3 is 15.4 Å². The molecule has 0 aliphatic carbocycles. The predicted octanol–water partition coefficient (Wildman–Crippen LogP) is 4.02. The Kier molecular flexibility index (Phi) is 5.36. The number of carbonyl (C=O) groups is 1. The molecule has 24 heavy (non-hydrogen) atoms. The lowest BCUT2D eigenvalue weighted by atomic mass is 9.93. The molecule has 0 radical (unpaired) electrons. The summed E-state index contributed by atoms with van der Waals surface area (Å²) in [6.45, 7) is 5.70. The molecule has 4 heteroatoms. The number of carbonyl (C=O) groups excluding carboxylic acids is 1. The normalized spacial score (nSPS) is 18.1. The zero-order valence-corrected chi connectivity index (χ0v) is 14.4. The Hall–Kier alpha value is -2.07. The molecular weight excluding hydrogens is 300 g/mol. The van der Waals surface area contributed by atoms with Crippen LogP contribution in [0.4, 0.5) is 4.79 Å². The summed E-state index contributed by atoms with van der Waals surface area (Å²) < 4.78 is 5.39. The van der Waals surface area contributed by atoms with Gasteiger partial charge in [0.1, 0.15) is 0 Å². The van der Waals surface area contributed by atoms with Gasteiger partial charge in [-0.15, -0.1) is 0 Å². The lowest BCUT2D eigenvalue weighted by Crippen LogP contribution is -2.45. The van der Waals surface area contributed by atoms with Crippen molar-refractivity contribution >= 4 is 16.8 Å². The second kappa shape index (κ2) is 7.67. The summed E-state index contributed by atoms with van der Waals surface area (Å²) in [5, 5.41) is 8.55. The van der Waals surface area contributed by atoms with E-state index in [0.29, 0.717) is 5.92 Å². The number of rotatable bonds is 4. The van der Waals surface area contributed by atoms with E-state index in [1.54, 1.807) is 0 Å². The van der Waals surface area contributed by atoms with Crippen LogP contribution in [-0.4, -0.2) is 25.3 Å². The van der Waals surface area contributed by atoms with E-state index in [1.807, 2.05) is 25.1 Å². The second-order valence-electron chi connectivity index (χ2n) is 6.65. The third kappa shape index (κ3) is 3.88. The van der Waals surface area contributed by atoms with Crippen LogP contribution in [0.1, 0.15) is 38.3 Å². The maximum absolute atomic E-state index is 12.4. The van der Waals surface area contributed by atoms with Crippen LogP contribution < -0.4 is 10.6 Å². The molecule has 1 saturated heterocycles. The van der Waals surface area contributed by atoms with Crippen molar-refractivity contribution in [1.29, 1.82) is 0 Å². The molecule has 2 unspecified atom stereocenters. The van der Waals surface area contributed by atoms with Gasteiger partial charge in [0.2, 0.25) is 0 Å². The molecule has 1 aliphatic rings. The Morgan fingerprint density at radius 3 is 2.54 bits per heavy atom. The average molecular weight is 326 g/mol. The zero-order valence-electron chi connectivity index (χ0n) is 14.4. The van der Waals surface area contributed by atoms with Gasteiger partial charge in [0, 0.05) is 19.3 Å². The van der Waals surface area contributed by atoms with Gasteiger partial charge in [-0.25, -0.2) is 4.79 Å². The molecule has 0 spiro atoms. The summed E-state index contributed by atoms with van der Waals surface area (Å²) >= 11 is 0. The summed E-state index contributed by atoms with van der Waals surface area (Å²) in [5.74, 6) is 0.498. The van der Waals surface area contributed by atoms with Gasteiger partial charge in [0.05, 0.1) is 6.04 Å². The number of fused-ring (bicyclic) bond motifs is 1. The fourth-order valence-electron chi connectivity index (χ4n) is 3.48. The number of urea groups is 1. The van der Waals surface area contributed by atoms with Crippen LogP contribution in [0, 0.1) is 5.92 Å². The summed E-state index contributed by atoms with van der Waals surface area (Å²) in [6, 6.07) is 14.5. The first kappa shape index (κ1) is 16.8. The van der Waals surface area contributed by atoms with E-state index in [9.17, 15) is 4.79 Å². The van der Waals surface area contributed by atoms with Crippen molar-refractivity contribution in [2.45, 2.75) is 38.8 Å². The van der Waals surface area contributed by atoms with Crippen molar-refractivity contribution in [3.8, 4) is 0 Å². The van der Waals surface area contributed by atoms with Crippen molar-refractivity contribution in [2.75, 3.05) is 13.2 Å². The SMILES string of the molecule is CC(NC(=O)NC(C)C1CCOCC1)c1cccc2ccccc12. The quantitative estimate of drug-likeness (QED) is 0.892. The highest BCUT2D eigenvalue weighted by molar-refractivity contribution is 5.86. The molecule has 0 saturated carbocycles. The standard InChI is InChI=1S/C20H26N2O2/c1-14(16-10-12-24-13-11-16)21-20(23)22-15(2)18-9-5-7-17-6-3-4-8-19(17)18/h3-9,14-16H,10-13H2,1-2H3,(H2,21,22,23). The minimum absolute atomic E-state index is 0.0435. The van der Waals surface area contributed by atoms with Gasteiger partial charge in [0.15, 0.2) is 0 Å². The predicted molar refractivity (Wildman–Crippen MR) is 97.0 cm³/mol. The number of hydrogen-bond donors (Lipinski definition) is 2. The minimum atomic E-state index is -0.102. The zero-order chi connectivity index (χ0) is 16.9. The number of benzene rings is 2. The molecule has 3 rings (SSSR count). The molecule has 2 atom stereocenters. The van der Waals surface area contributed by atoms with Crippen molar-refractivity contribution in [3.63, 3.8) is 0 Å². The number of nitrogens with one attached hydrogen (secondary N) is 2. The van der Waals surface area contributed by atoms with Gasteiger partial charge in [0.25, 0.3) is 0 Å². The third-order valence-corrected chi connectivity index (χ3v) is 4.97. The van der Waals surface area contributed by atoms with E-state index in [-0.39, 0.29) is 18.1 Å². The topological polar surface area (TPSA) is 50.4 Å². The Labute approximate surface area is 143 Å². The molecule has 0 aromatic heterocycles. The Morgan fingerprint density at radius 2 is 1.75 bits per heavy atom. The summed E-state index contributed by atoms with van der Waals surface area (Å²) in [6.07, 6.45) is 2.03. The molecule has 0 bridgehead atoms. The molecule has 2 aromatic rings. The lowest BCUT2D eigenvalue weighted by Gasteiger charge is -2.29. The van der Waals surface area contributed by atoms with E-state index >= 15 is 0 Å². The molecule has 4 nitrogen and oxygen atoms in total. The Balaban J connectivity index is 1.63. The summed E-state index contributed by atoms with van der Waals surface area (Å²) in [4.78, 5) is 12.4. The van der Waals surface area contributed by atoms with Crippen molar-refractivity contribution < 1.29 is 9.53 Å². The van der Waals surface area contributed by atoms with Crippen molar-refractivity contribution in [1.82, 2.24) is 10.6 Å². The van der Waals surface area contributed by atoms with Crippen LogP contribution in [0.15, 0.2) is 42.5 Å². The van der Waals surface area contributed by atoms with Crippen LogP contribution >= 0.6 is 0 Å². The lowest BCUT2D eigenvalue weighted by molar-refractivity contribution is 0.0570. The van der Waals surface area contributed by atoms with E-state index in [2.05, 4.69) is 41.8 Å².